The van der Waals surface area contributed by atoms with Gasteiger partial charge in [-0.3, -0.25) is 9.69 Å². The van der Waals surface area contributed by atoms with E-state index in [2.05, 4.69) is 11.0 Å². The summed E-state index contributed by atoms with van der Waals surface area (Å²) >= 11 is 1.83. The second kappa shape index (κ2) is 7.02. The zero-order chi connectivity index (χ0) is 15.5. The van der Waals surface area contributed by atoms with Gasteiger partial charge in [0.05, 0.1) is 11.7 Å². The highest BCUT2D eigenvalue weighted by atomic mass is 32.2. The van der Waals surface area contributed by atoms with Gasteiger partial charge in [-0.2, -0.15) is 0 Å². The maximum atomic E-state index is 12.9. The molecule has 1 N–H and O–H groups in total. The van der Waals surface area contributed by atoms with Gasteiger partial charge in [0.2, 0.25) is 5.91 Å². The van der Waals surface area contributed by atoms with Crippen molar-refractivity contribution < 1.29 is 9.90 Å². The van der Waals surface area contributed by atoms with E-state index in [4.69, 9.17) is 0 Å². The number of amides is 1. The van der Waals surface area contributed by atoms with Crippen molar-refractivity contribution in [3.05, 3.63) is 24.3 Å². The van der Waals surface area contributed by atoms with Crippen molar-refractivity contribution in [2.24, 2.45) is 5.92 Å². The van der Waals surface area contributed by atoms with Gasteiger partial charge in [0, 0.05) is 23.8 Å². The van der Waals surface area contributed by atoms with Crippen molar-refractivity contribution in [1.29, 1.82) is 0 Å². The van der Waals surface area contributed by atoms with E-state index in [-0.39, 0.29) is 18.6 Å². The van der Waals surface area contributed by atoms with Crippen LogP contribution in [-0.4, -0.2) is 53.9 Å². The molecule has 0 spiro atoms. The Morgan fingerprint density at radius 3 is 2.77 bits per heavy atom. The molecule has 4 nitrogen and oxygen atoms in total. The fraction of sp³-hybridized carbons (Fsp3) is 0.588. The summed E-state index contributed by atoms with van der Waals surface area (Å²) in [4.78, 5) is 18.4. The van der Waals surface area contributed by atoms with Gasteiger partial charge < -0.3 is 10.0 Å². The van der Waals surface area contributed by atoms with Gasteiger partial charge in [-0.1, -0.05) is 12.1 Å². The minimum absolute atomic E-state index is 0.0872. The van der Waals surface area contributed by atoms with Crippen LogP contribution in [0.4, 0.5) is 5.69 Å². The molecule has 1 amide bonds. The lowest BCUT2D eigenvalue weighted by Gasteiger charge is -2.38. The Morgan fingerprint density at radius 2 is 2.05 bits per heavy atom. The molecular weight excluding hydrogens is 296 g/mol. The molecule has 0 radical (unpaired) electrons. The Labute approximate surface area is 136 Å². The summed E-state index contributed by atoms with van der Waals surface area (Å²) in [7, 11) is 0. The number of nitrogens with zero attached hydrogens (tertiary/aromatic N) is 2. The molecule has 1 fully saturated rings. The number of hydrogen-bond acceptors (Lipinski definition) is 4. The molecule has 5 heteroatoms. The van der Waals surface area contributed by atoms with Crippen LogP contribution in [0.3, 0.4) is 0 Å². The van der Waals surface area contributed by atoms with E-state index in [1.165, 1.54) is 4.90 Å². The van der Waals surface area contributed by atoms with Crippen molar-refractivity contribution in [2.75, 3.05) is 36.9 Å². The number of benzene rings is 1. The summed E-state index contributed by atoms with van der Waals surface area (Å²) in [5.74, 6) is 1.57. The minimum atomic E-state index is -0.0872. The molecule has 0 aromatic heterocycles. The monoisotopic (exact) mass is 320 g/mol. The minimum Gasteiger partial charge on any atom is -0.396 e. The van der Waals surface area contributed by atoms with Gasteiger partial charge in [0.15, 0.2) is 0 Å². The summed E-state index contributed by atoms with van der Waals surface area (Å²) in [6, 6.07) is 8.09. The zero-order valence-corrected chi connectivity index (χ0v) is 13.9. The first-order valence-electron chi connectivity index (χ1n) is 8.09. The molecule has 2 aliphatic heterocycles. The van der Waals surface area contributed by atoms with Gasteiger partial charge in [-0.05, 0) is 50.9 Å². The summed E-state index contributed by atoms with van der Waals surface area (Å²) in [6.45, 7) is 4.89. The number of para-hydroxylation sites is 1. The van der Waals surface area contributed by atoms with E-state index in [1.54, 1.807) is 0 Å². The first-order valence-corrected chi connectivity index (χ1v) is 9.07. The highest BCUT2D eigenvalue weighted by molar-refractivity contribution is 7.99. The van der Waals surface area contributed by atoms with Crippen LogP contribution in [0.5, 0.6) is 0 Å². The third-order valence-corrected chi connectivity index (χ3v) is 5.85. The first kappa shape index (κ1) is 15.8. The molecule has 1 aromatic carbocycles. The predicted molar refractivity (Wildman–Crippen MR) is 90.4 cm³/mol. The van der Waals surface area contributed by atoms with Crippen molar-refractivity contribution in [3.8, 4) is 0 Å². The standard InChI is InChI=1S/C17H24N2O2S/c1-13(18-8-6-14(12-20)7-9-18)17(21)19-10-11-22-16-5-3-2-4-15(16)19/h2-5,13-14,20H,6-12H2,1H3. The van der Waals surface area contributed by atoms with E-state index in [0.29, 0.717) is 5.92 Å². The summed E-state index contributed by atoms with van der Waals surface area (Å²) in [5, 5.41) is 9.24. The van der Waals surface area contributed by atoms with Crippen LogP contribution in [0, 0.1) is 5.92 Å². The number of carbonyl (C=O) groups excluding carboxylic acids is 1. The molecule has 0 saturated carbocycles. The molecule has 2 aliphatic rings. The summed E-state index contributed by atoms with van der Waals surface area (Å²) < 4.78 is 0. The van der Waals surface area contributed by atoms with Crippen molar-refractivity contribution in [3.63, 3.8) is 0 Å². The fourth-order valence-corrected chi connectivity index (χ4v) is 4.30. The Morgan fingerprint density at radius 1 is 1.32 bits per heavy atom. The van der Waals surface area contributed by atoms with Crippen LogP contribution >= 0.6 is 11.8 Å². The van der Waals surface area contributed by atoms with Gasteiger partial charge in [0.1, 0.15) is 0 Å². The van der Waals surface area contributed by atoms with Gasteiger partial charge in [0.25, 0.3) is 0 Å². The number of rotatable bonds is 3. The van der Waals surface area contributed by atoms with Crippen LogP contribution < -0.4 is 4.90 Å². The SMILES string of the molecule is CC(C(=O)N1CCSc2ccccc21)N1CCC(CO)CC1. The largest absolute Gasteiger partial charge is 0.396 e. The number of carbonyl (C=O) groups is 1. The molecule has 1 aromatic rings. The first-order chi connectivity index (χ1) is 10.7. The van der Waals surface area contributed by atoms with Crippen LogP contribution in [0.1, 0.15) is 19.8 Å². The van der Waals surface area contributed by atoms with E-state index in [9.17, 15) is 9.90 Å². The Hall–Kier alpha value is -1.04. The van der Waals surface area contributed by atoms with E-state index >= 15 is 0 Å². The normalized spacial score (nSPS) is 21.5. The quantitative estimate of drug-likeness (QED) is 0.927. The maximum absolute atomic E-state index is 12.9. The molecule has 3 rings (SSSR count). The summed E-state index contributed by atoms with van der Waals surface area (Å²) in [5.41, 5.74) is 1.06. The molecule has 0 bridgehead atoms. The number of hydrogen-bond donors (Lipinski definition) is 1. The second-order valence-corrected chi connectivity index (χ2v) is 7.28. The molecule has 120 valence electrons. The highest BCUT2D eigenvalue weighted by Crippen LogP contribution is 2.35. The average Bonchev–Trinajstić information content (AvgIpc) is 2.60. The van der Waals surface area contributed by atoms with E-state index < -0.39 is 0 Å². The number of thioether (sulfide) groups is 1. The Bertz CT molecular complexity index is 529. The van der Waals surface area contributed by atoms with Gasteiger partial charge in [-0.25, -0.2) is 0 Å². The van der Waals surface area contributed by atoms with E-state index in [1.807, 2.05) is 41.8 Å². The Balaban J connectivity index is 1.69. The van der Waals surface area contributed by atoms with Crippen LogP contribution in [0.25, 0.3) is 0 Å². The number of aliphatic hydroxyl groups excluding tert-OH is 1. The second-order valence-electron chi connectivity index (χ2n) is 6.14. The predicted octanol–water partition coefficient (Wildman–Crippen LogP) is 2.22. The third kappa shape index (κ3) is 3.16. The lowest BCUT2D eigenvalue weighted by atomic mass is 9.96. The molecule has 1 atom stereocenters. The average molecular weight is 320 g/mol. The Kier molecular flexibility index (Phi) is 5.06. The third-order valence-electron chi connectivity index (χ3n) is 4.81. The van der Waals surface area contributed by atoms with Crippen LogP contribution in [0.15, 0.2) is 29.2 Å². The molecule has 1 unspecified atom stereocenters. The smallest absolute Gasteiger partial charge is 0.244 e. The van der Waals surface area contributed by atoms with Crippen LogP contribution in [-0.2, 0) is 4.79 Å². The fourth-order valence-electron chi connectivity index (χ4n) is 3.30. The molecule has 22 heavy (non-hydrogen) atoms. The molecule has 1 saturated heterocycles. The van der Waals surface area contributed by atoms with Gasteiger partial charge >= 0.3 is 0 Å². The van der Waals surface area contributed by atoms with Gasteiger partial charge in [-0.15, -0.1) is 11.8 Å². The number of likely N-dealkylation sites (tertiary alicyclic amines) is 1. The topological polar surface area (TPSA) is 43.8 Å². The lowest BCUT2D eigenvalue weighted by Crippen LogP contribution is -2.51. The number of piperidine rings is 1. The highest BCUT2D eigenvalue weighted by Gasteiger charge is 2.31. The zero-order valence-electron chi connectivity index (χ0n) is 13.1. The maximum Gasteiger partial charge on any atom is 0.244 e. The molecule has 2 heterocycles. The van der Waals surface area contributed by atoms with Crippen LogP contribution in [0.2, 0.25) is 0 Å². The van der Waals surface area contributed by atoms with Crippen molar-refractivity contribution in [2.45, 2.75) is 30.7 Å². The number of fused-ring (bicyclic) bond motifs is 1. The molecular formula is C17H24N2O2S. The lowest BCUT2D eigenvalue weighted by molar-refractivity contribution is -0.123. The van der Waals surface area contributed by atoms with E-state index in [0.717, 1.165) is 43.9 Å². The number of aliphatic hydroxyl groups is 1. The summed E-state index contributed by atoms with van der Waals surface area (Å²) in [6.07, 6.45) is 1.97. The van der Waals surface area contributed by atoms with Crippen molar-refractivity contribution >= 4 is 23.4 Å². The number of anilines is 1. The van der Waals surface area contributed by atoms with Crippen molar-refractivity contribution in [1.82, 2.24) is 4.90 Å². The molecule has 0 aliphatic carbocycles.